The van der Waals surface area contributed by atoms with Crippen molar-refractivity contribution in [1.82, 2.24) is 4.90 Å². The topological polar surface area (TPSA) is 49.8 Å². The van der Waals surface area contributed by atoms with Gasteiger partial charge in [-0.15, -0.1) is 0 Å². The third kappa shape index (κ3) is 2.45. The van der Waals surface area contributed by atoms with Crippen LogP contribution in [-0.2, 0) is 17.8 Å². The summed E-state index contributed by atoms with van der Waals surface area (Å²) in [5, 5.41) is 9.15. The van der Waals surface area contributed by atoms with Crippen LogP contribution < -0.4 is 4.74 Å². The monoisotopic (exact) mass is 261 g/mol. The quantitative estimate of drug-likeness (QED) is 0.901. The van der Waals surface area contributed by atoms with E-state index >= 15 is 0 Å². The van der Waals surface area contributed by atoms with Crippen molar-refractivity contribution in [3.05, 3.63) is 29.3 Å². The minimum absolute atomic E-state index is 0.224. The number of carbonyl (C=O) groups is 1. The van der Waals surface area contributed by atoms with Gasteiger partial charge < -0.3 is 9.84 Å². The van der Waals surface area contributed by atoms with Gasteiger partial charge in [0.2, 0.25) is 0 Å². The second-order valence-electron chi connectivity index (χ2n) is 5.66. The molecule has 1 aromatic carbocycles. The van der Waals surface area contributed by atoms with Gasteiger partial charge in [-0.2, -0.15) is 0 Å². The maximum absolute atomic E-state index is 11.1. The second-order valence-corrected chi connectivity index (χ2v) is 5.66. The number of fused-ring (bicyclic) bond motifs is 1. The number of ether oxygens (including phenoxy) is 1. The summed E-state index contributed by atoms with van der Waals surface area (Å²) in [6.07, 6.45) is 0.983. The molecule has 0 radical (unpaired) electrons. The Morgan fingerprint density at radius 3 is 3.05 bits per heavy atom. The first-order valence-electron chi connectivity index (χ1n) is 6.83. The average molecular weight is 261 g/mol. The molecule has 4 nitrogen and oxygen atoms in total. The fourth-order valence-electron chi connectivity index (χ4n) is 3.11. The zero-order valence-electron chi connectivity index (χ0n) is 11.1. The van der Waals surface area contributed by atoms with Crippen molar-refractivity contribution in [2.75, 3.05) is 19.7 Å². The summed E-state index contributed by atoms with van der Waals surface area (Å²) >= 11 is 0. The van der Waals surface area contributed by atoms with Crippen LogP contribution in [0.3, 0.4) is 0 Å². The van der Waals surface area contributed by atoms with E-state index in [1.165, 1.54) is 11.1 Å². The number of likely N-dealkylation sites (tertiary alicyclic amines) is 1. The Labute approximate surface area is 113 Å². The van der Waals surface area contributed by atoms with Crippen LogP contribution in [0.5, 0.6) is 5.75 Å². The van der Waals surface area contributed by atoms with Crippen LogP contribution in [0.15, 0.2) is 18.2 Å². The zero-order chi connectivity index (χ0) is 13.4. The molecule has 0 aromatic heterocycles. The number of benzene rings is 1. The van der Waals surface area contributed by atoms with E-state index in [1.807, 2.05) is 13.0 Å². The Bertz CT molecular complexity index is 500. The maximum Gasteiger partial charge on any atom is 0.308 e. The van der Waals surface area contributed by atoms with Gasteiger partial charge in [0.1, 0.15) is 5.75 Å². The molecular formula is C15H19NO3. The molecule has 19 heavy (non-hydrogen) atoms. The van der Waals surface area contributed by atoms with Gasteiger partial charge in [0.15, 0.2) is 0 Å². The molecule has 2 aliphatic heterocycles. The minimum atomic E-state index is -0.669. The molecule has 102 valence electrons. The summed E-state index contributed by atoms with van der Waals surface area (Å²) in [6.45, 7) is 5.16. The highest BCUT2D eigenvalue weighted by Gasteiger charge is 2.34. The van der Waals surface area contributed by atoms with Crippen LogP contribution >= 0.6 is 0 Å². The molecule has 1 aromatic rings. The first kappa shape index (κ1) is 12.5. The lowest BCUT2D eigenvalue weighted by Crippen LogP contribution is -2.23. The van der Waals surface area contributed by atoms with E-state index in [1.54, 1.807) is 0 Å². The SMILES string of the molecule is CC1CN(Cc2ccc3c(c2)CCO3)CC1C(=O)O. The van der Waals surface area contributed by atoms with Crippen LogP contribution in [0.1, 0.15) is 18.1 Å². The van der Waals surface area contributed by atoms with Crippen molar-refractivity contribution in [2.24, 2.45) is 11.8 Å². The maximum atomic E-state index is 11.1. The van der Waals surface area contributed by atoms with Gasteiger partial charge >= 0.3 is 5.97 Å². The smallest absolute Gasteiger partial charge is 0.308 e. The Balaban J connectivity index is 1.68. The van der Waals surface area contributed by atoms with E-state index in [9.17, 15) is 4.79 Å². The lowest BCUT2D eigenvalue weighted by atomic mass is 9.99. The normalized spacial score (nSPS) is 26.2. The van der Waals surface area contributed by atoms with E-state index in [4.69, 9.17) is 9.84 Å². The molecule has 1 fully saturated rings. The van der Waals surface area contributed by atoms with Gasteiger partial charge in [0.05, 0.1) is 12.5 Å². The Morgan fingerprint density at radius 1 is 1.47 bits per heavy atom. The number of nitrogens with zero attached hydrogens (tertiary/aromatic N) is 1. The van der Waals surface area contributed by atoms with Crippen LogP contribution in [-0.4, -0.2) is 35.7 Å². The van der Waals surface area contributed by atoms with Crippen molar-refractivity contribution in [1.29, 1.82) is 0 Å². The number of hydrogen-bond donors (Lipinski definition) is 1. The van der Waals surface area contributed by atoms with Gasteiger partial charge in [0, 0.05) is 26.1 Å². The molecule has 0 saturated carbocycles. The number of hydrogen-bond acceptors (Lipinski definition) is 3. The van der Waals surface area contributed by atoms with Crippen molar-refractivity contribution in [2.45, 2.75) is 19.9 Å². The van der Waals surface area contributed by atoms with E-state index in [0.29, 0.717) is 6.54 Å². The Kier molecular flexibility index (Phi) is 3.19. The summed E-state index contributed by atoms with van der Waals surface area (Å²) in [5.74, 6) is 0.340. The molecule has 2 aliphatic rings. The van der Waals surface area contributed by atoms with Gasteiger partial charge in [-0.1, -0.05) is 19.1 Å². The van der Waals surface area contributed by atoms with E-state index < -0.39 is 5.97 Å². The van der Waals surface area contributed by atoms with Crippen LogP contribution in [0, 0.1) is 11.8 Å². The molecule has 3 rings (SSSR count). The summed E-state index contributed by atoms with van der Waals surface area (Å²) in [6, 6.07) is 6.32. The predicted octanol–water partition coefficient (Wildman–Crippen LogP) is 1.77. The molecule has 0 spiro atoms. The van der Waals surface area contributed by atoms with Gasteiger partial charge in [-0.3, -0.25) is 9.69 Å². The van der Waals surface area contributed by atoms with Gasteiger partial charge in [-0.25, -0.2) is 0 Å². The second kappa shape index (κ2) is 4.85. The fourth-order valence-corrected chi connectivity index (χ4v) is 3.11. The minimum Gasteiger partial charge on any atom is -0.493 e. The van der Waals surface area contributed by atoms with E-state index in [2.05, 4.69) is 17.0 Å². The molecule has 0 bridgehead atoms. The Hall–Kier alpha value is -1.55. The largest absolute Gasteiger partial charge is 0.493 e. The third-order valence-electron chi connectivity index (χ3n) is 4.17. The molecule has 4 heteroatoms. The number of carboxylic acid groups (broad SMARTS) is 1. The number of carboxylic acids is 1. The van der Waals surface area contributed by atoms with Crippen LogP contribution in [0.4, 0.5) is 0 Å². The molecule has 2 atom stereocenters. The first-order valence-corrected chi connectivity index (χ1v) is 6.83. The van der Waals surface area contributed by atoms with Crippen molar-refractivity contribution in [3.63, 3.8) is 0 Å². The fraction of sp³-hybridized carbons (Fsp3) is 0.533. The molecule has 1 saturated heterocycles. The first-order chi connectivity index (χ1) is 9.13. The highest BCUT2D eigenvalue weighted by atomic mass is 16.5. The molecular weight excluding hydrogens is 242 g/mol. The predicted molar refractivity (Wildman–Crippen MR) is 71.2 cm³/mol. The van der Waals surface area contributed by atoms with E-state index in [0.717, 1.165) is 31.9 Å². The van der Waals surface area contributed by atoms with Crippen LogP contribution in [0.25, 0.3) is 0 Å². The summed E-state index contributed by atoms with van der Waals surface area (Å²) in [4.78, 5) is 13.4. The lowest BCUT2D eigenvalue weighted by molar-refractivity contribution is -0.142. The Morgan fingerprint density at radius 2 is 2.32 bits per heavy atom. The third-order valence-corrected chi connectivity index (χ3v) is 4.17. The highest BCUT2D eigenvalue weighted by Crippen LogP contribution is 2.28. The lowest BCUT2D eigenvalue weighted by Gasteiger charge is -2.15. The summed E-state index contributed by atoms with van der Waals surface area (Å²) in [7, 11) is 0. The average Bonchev–Trinajstić information content (AvgIpc) is 2.95. The number of aliphatic carboxylic acids is 1. The van der Waals surface area contributed by atoms with Crippen LogP contribution in [0.2, 0.25) is 0 Å². The van der Waals surface area contributed by atoms with E-state index in [-0.39, 0.29) is 11.8 Å². The molecule has 2 heterocycles. The standard InChI is InChI=1S/C15H19NO3/c1-10-7-16(9-13(10)15(17)18)8-11-2-3-14-12(6-11)4-5-19-14/h2-3,6,10,13H,4-5,7-9H2,1H3,(H,17,18). The molecule has 0 aliphatic carbocycles. The molecule has 0 amide bonds. The molecule has 2 unspecified atom stereocenters. The zero-order valence-corrected chi connectivity index (χ0v) is 11.1. The van der Waals surface area contributed by atoms with Gasteiger partial charge in [0.25, 0.3) is 0 Å². The molecule has 1 N–H and O–H groups in total. The summed E-state index contributed by atoms with van der Waals surface area (Å²) in [5.41, 5.74) is 2.53. The summed E-state index contributed by atoms with van der Waals surface area (Å²) < 4.78 is 5.50. The highest BCUT2D eigenvalue weighted by molar-refractivity contribution is 5.71. The van der Waals surface area contributed by atoms with Crippen molar-refractivity contribution >= 4 is 5.97 Å². The van der Waals surface area contributed by atoms with Crippen molar-refractivity contribution < 1.29 is 14.6 Å². The number of rotatable bonds is 3. The van der Waals surface area contributed by atoms with Gasteiger partial charge in [-0.05, 0) is 23.1 Å². The van der Waals surface area contributed by atoms with Crippen molar-refractivity contribution in [3.8, 4) is 5.75 Å².